The zero-order valence-corrected chi connectivity index (χ0v) is 10.8. The first kappa shape index (κ1) is 13.0. The fourth-order valence-electron chi connectivity index (χ4n) is 1.89. The van der Waals surface area contributed by atoms with Gasteiger partial charge in [0.2, 0.25) is 0 Å². The molecular formula is C14H14N2O3. The number of methoxy groups -OCH3 is 1. The molecule has 0 bridgehead atoms. The monoisotopic (exact) mass is 258 g/mol. The number of ether oxygens (including phenoxy) is 1. The minimum Gasteiger partial charge on any atom is -0.464 e. The summed E-state index contributed by atoms with van der Waals surface area (Å²) < 4.78 is 6.15. The topological polar surface area (TPSA) is 61.2 Å². The highest BCUT2D eigenvalue weighted by molar-refractivity contribution is 5.96. The Labute approximate surface area is 110 Å². The Morgan fingerprint density at radius 3 is 2.79 bits per heavy atom. The molecular weight excluding hydrogens is 244 g/mol. The number of benzene rings is 1. The molecule has 0 fully saturated rings. The van der Waals surface area contributed by atoms with Crippen molar-refractivity contribution in [3.8, 4) is 5.69 Å². The maximum Gasteiger partial charge on any atom is 0.359 e. The van der Waals surface area contributed by atoms with E-state index in [2.05, 4.69) is 9.84 Å². The average Bonchev–Trinajstić information content (AvgIpc) is 2.90. The molecule has 0 atom stereocenters. The third-order valence-electron chi connectivity index (χ3n) is 2.87. The Kier molecular flexibility index (Phi) is 3.75. The number of hydrogen-bond acceptors (Lipinski definition) is 4. The molecule has 0 unspecified atom stereocenters. The van der Waals surface area contributed by atoms with Crippen molar-refractivity contribution in [1.29, 1.82) is 0 Å². The average molecular weight is 258 g/mol. The number of aldehydes is 1. The second-order valence-corrected chi connectivity index (χ2v) is 3.97. The summed E-state index contributed by atoms with van der Waals surface area (Å²) in [6.45, 7) is 2.03. The lowest BCUT2D eigenvalue weighted by molar-refractivity contribution is 0.0591. The maximum atomic E-state index is 11.5. The number of hydrogen-bond donors (Lipinski definition) is 0. The van der Waals surface area contributed by atoms with E-state index in [4.69, 9.17) is 0 Å². The molecule has 0 radical (unpaired) electrons. The van der Waals surface area contributed by atoms with Gasteiger partial charge < -0.3 is 4.74 Å². The van der Waals surface area contributed by atoms with E-state index in [0.717, 1.165) is 17.7 Å². The van der Waals surface area contributed by atoms with Crippen LogP contribution in [0, 0.1) is 0 Å². The summed E-state index contributed by atoms with van der Waals surface area (Å²) in [5.41, 5.74) is 2.18. The lowest BCUT2D eigenvalue weighted by Gasteiger charge is -2.06. The van der Waals surface area contributed by atoms with Crippen LogP contribution in [0.25, 0.3) is 5.69 Å². The van der Waals surface area contributed by atoms with Crippen molar-refractivity contribution in [3.05, 3.63) is 47.3 Å². The third kappa shape index (κ3) is 2.40. The molecule has 1 aromatic heterocycles. The highest BCUT2D eigenvalue weighted by atomic mass is 16.5. The molecule has 1 aromatic carbocycles. The zero-order valence-electron chi connectivity index (χ0n) is 10.8. The normalized spacial score (nSPS) is 10.2. The minimum absolute atomic E-state index is 0.0309. The summed E-state index contributed by atoms with van der Waals surface area (Å²) in [5.74, 6) is -0.616. The lowest BCUT2D eigenvalue weighted by Crippen LogP contribution is -2.06. The maximum absolute atomic E-state index is 11.5. The second kappa shape index (κ2) is 5.48. The first-order valence-corrected chi connectivity index (χ1v) is 5.92. The molecule has 98 valence electrons. The van der Waals surface area contributed by atoms with E-state index in [9.17, 15) is 9.59 Å². The summed E-state index contributed by atoms with van der Waals surface area (Å²) >= 11 is 0. The SMILES string of the molecule is CCc1ccccc1-n1cc(C=O)c(C(=O)OC)n1. The number of carbonyl (C=O) groups is 2. The number of nitrogens with zero attached hydrogens (tertiary/aromatic N) is 2. The Hall–Kier alpha value is -2.43. The van der Waals surface area contributed by atoms with Crippen molar-refractivity contribution in [2.45, 2.75) is 13.3 Å². The van der Waals surface area contributed by atoms with Gasteiger partial charge in [0.1, 0.15) is 0 Å². The van der Waals surface area contributed by atoms with Gasteiger partial charge >= 0.3 is 5.97 Å². The van der Waals surface area contributed by atoms with Crippen LogP contribution in [-0.2, 0) is 11.2 Å². The Morgan fingerprint density at radius 1 is 1.42 bits per heavy atom. The summed E-state index contributed by atoms with van der Waals surface area (Å²) in [4.78, 5) is 22.5. The molecule has 0 spiro atoms. The van der Waals surface area contributed by atoms with E-state index in [-0.39, 0.29) is 11.3 Å². The number of esters is 1. The van der Waals surface area contributed by atoms with Gasteiger partial charge in [-0.3, -0.25) is 4.79 Å². The van der Waals surface area contributed by atoms with Crippen LogP contribution in [-0.4, -0.2) is 29.1 Å². The molecule has 0 aliphatic carbocycles. The molecule has 0 N–H and O–H groups in total. The number of carbonyl (C=O) groups excluding carboxylic acids is 2. The summed E-state index contributed by atoms with van der Waals surface area (Å²) in [6.07, 6.45) is 2.97. The molecule has 0 saturated carbocycles. The molecule has 2 rings (SSSR count). The van der Waals surface area contributed by atoms with Crippen LogP contribution in [0.3, 0.4) is 0 Å². The molecule has 2 aromatic rings. The van der Waals surface area contributed by atoms with Gasteiger partial charge in [-0.05, 0) is 18.1 Å². The van der Waals surface area contributed by atoms with Crippen LogP contribution in [0.4, 0.5) is 0 Å². The number of para-hydroxylation sites is 1. The van der Waals surface area contributed by atoms with E-state index in [1.54, 1.807) is 0 Å². The lowest BCUT2D eigenvalue weighted by atomic mass is 10.1. The molecule has 0 aliphatic rings. The standard InChI is InChI=1S/C14H14N2O3/c1-3-10-6-4-5-7-12(10)16-8-11(9-17)13(15-16)14(18)19-2/h4-9H,3H2,1-2H3. The van der Waals surface area contributed by atoms with Crippen molar-refractivity contribution >= 4 is 12.3 Å². The largest absolute Gasteiger partial charge is 0.464 e. The highest BCUT2D eigenvalue weighted by Gasteiger charge is 2.18. The third-order valence-corrected chi connectivity index (χ3v) is 2.87. The molecule has 1 heterocycles. The van der Waals surface area contributed by atoms with Crippen molar-refractivity contribution in [2.75, 3.05) is 7.11 Å². The van der Waals surface area contributed by atoms with E-state index < -0.39 is 5.97 Å². The molecule has 5 nitrogen and oxygen atoms in total. The fraction of sp³-hybridized carbons (Fsp3) is 0.214. The van der Waals surface area contributed by atoms with E-state index >= 15 is 0 Å². The van der Waals surface area contributed by atoms with Gasteiger partial charge in [0.25, 0.3) is 0 Å². The van der Waals surface area contributed by atoms with Crippen LogP contribution in [0.1, 0.15) is 33.3 Å². The van der Waals surface area contributed by atoms with Gasteiger partial charge in [-0.15, -0.1) is 0 Å². The van der Waals surface area contributed by atoms with Gasteiger partial charge in [0.05, 0.1) is 18.4 Å². The van der Waals surface area contributed by atoms with Crippen LogP contribution < -0.4 is 0 Å². The van der Waals surface area contributed by atoms with Crippen LogP contribution in [0.15, 0.2) is 30.5 Å². The summed E-state index contributed by atoms with van der Waals surface area (Å²) in [5, 5.41) is 4.14. The minimum atomic E-state index is -0.616. The number of aromatic nitrogens is 2. The molecule has 0 saturated heterocycles. The van der Waals surface area contributed by atoms with Gasteiger partial charge in [-0.25, -0.2) is 9.48 Å². The van der Waals surface area contributed by atoms with Crippen LogP contribution in [0.2, 0.25) is 0 Å². The predicted molar refractivity (Wildman–Crippen MR) is 69.7 cm³/mol. The molecule has 0 aliphatic heterocycles. The summed E-state index contributed by atoms with van der Waals surface area (Å²) in [7, 11) is 1.26. The zero-order chi connectivity index (χ0) is 13.8. The van der Waals surface area contributed by atoms with Gasteiger partial charge in [0.15, 0.2) is 12.0 Å². The van der Waals surface area contributed by atoms with Crippen molar-refractivity contribution < 1.29 is 14.3 Å². The number of rotatable bonds is 4. The van der Waals surface area contributed by atoms with E-state index in [1.807, 2.05) is 31.2 Å². The number of aryl methyl sites for hydroxylation is 1. The Bertz CT molecular complexity index is 617. The second-order valence-electron chi connectivity index (χ2n) is 3.97. The quantitative estimate of drug-likeness (QED) is 0.622. The fourth-order valence-corrected chi connectivity index (χ4v) is 1.89. The Morgan fingerprint density at radius 2 is 2.16 bits per heavy atom. The molecule has 0 amide bonds. The smallest absolute Gasteiger partial charge is 0.359 e. The van der Waals surface area contributed by atoms with Crippen LogP contribution >= 0.6 is 0 Å². The first-order chi connectivity index (χ1) is 9.21. The Balaban J connectivity index is 2.54. The van der Waals surface area contributed by atoms with Crippen molar-refractivity contribution in [1.82, 2.24) is 9.78 Å². The van der Waals surface area contributed by atoms with Gasteiger partial charge in [0, 0.05) is 6.20 Å². The van der Waals surface area contributed by atoms with E-state index in [1.165, 1.54) is 18.0 Å². The van der Waals surface area contributed by atoms with Crippen molar-refractivity contribution in [2.24, 2.45) is 0 Å². The van der Waals surface area contributed by atoms with Crippen LogP contribution in [0.5, 0.6) is 0 Å². The predicted octanol–water partition coefficient (Wildman–Crippen LogP) is 2.03. The highest BCUT2D eigenvalue weighted by Crippen LogP contribution is 2.17. The molecule has 5 heteroatoms. The van der Waals surface area contributed by atoms with Gasteiger partial charge in [-0.1, -0.05) is 25.1 Å². The van der Waals surface area contributed by atoms with E-state index in [0.29, 0.717) is 6.29 Å². The first-order valence-electron chi connectivity index (χ1n) is 5.92. The van der Waals surface area contributed by atoms with Crippen molar-refractivity contribution in [3.63, 3.8) is 0 Å². The summed E-state index contributed by atoms with van der Waals surface area (Å²) in [6, 6.07) is 7.69. The molecule has 19 heavy (non-hydrogen) atoms. The van der Waals surface area contributed by atoms with Gasteiger partial charge in [-0.2, -0.15) is 5.10 Å².